The van der Waals surface area contributed by atoms with Crippen LogP contribution in [-0.2, 0) is 10.2 Å². The summed E-state index contributed by atoms with van der Waals surface area (Å²) in [5.74, 6) is 0.555. The second kappa shape index (κ2) is 11.5. The highest BCUT2D eigenvalue weighted by molar-refractivity contribution is 14.0. The molecule has 1 aliphatic carbocycles. The van der Waals surface area contributed by atoms with Crippen molar-refractivity contribution in [2.45, 2.75) is 57.9 Å². The van der Waals surface area contributed by atoms with Crippen molar-refractivity contribution in [1.29, 1.82) is 0 Å². The van der Waals surface area contributed by atoms with Crippen LogP contribution in [0.3, 0.4) is 0 Å². The Morgan fingerprint density at radius 3 is 2.56 bits per heavy atom. The van der Waals surface area contributed by atoms with Crippen LogP contribution < -0.4 is 16.0 Å². The molecule has 1 amide bonds. The first-order valence-corrected chi connectivity index (χ1v) is 9.57. The van der Waals surface area contributed by atoms with Crippen LogP contribution in [0.1, 0.15) is 52.0 Å². The maximum atomic E-state index is 14.1. The summed E-state index contributed by atoms with van der Waals surface area (Å²) in [4.78, 5) is 16.5. The SMILES string of the molecule is CCNC(=NCC1(c2ccccc2F)CC1)NCCC(=O)NC(C)CC.I. The van der Waals surface area contributed by atoms with E-state index in [1.54, 1.807) is 6.07 Å². The third-order valence-corrected chi connectivity index (χ3v) is 4.85. The number of rotatable bonds is 9. The van der Waals surface area contributed by atoms with Gasteiger partial charge in [-0.15, -0.1) is 24.0 Å². The van der Waals surface area contributed by atoms with E-state index in [2.05, 4.69) is 20.9 Å². The van der Waals surface area contributed by atoms with Crippen LogP contribution in [0.2, 0.25) is 0 Å². The van der Waals surface area contributed by atoms with Gasteiger partial charge in [0.1, 0.15) is 5.82 Å². The highest BCUT2D eigenvalue weighted by Gasteiger charge is 2.45. The molecule has 2 rings (SSSR count). The molecule has 7 heteroatoms. The molecule has 0 spiro atoms. The van der Waals surface area contributed by atoms with Gasteiger partial charge in [0, 0.05) is 31.0 Å². The molecule has 5 nitrogen and oxygen atoms in total. The van der Waals surface area contributed by atoms with Gasteiger partial charge in [-0.2, -0.15) is 0 Å². The molecular formula is C20H32FIN4O. The zero-order valence-electron chi connectivity index (χ0n) is 16.5. The van der Waals surface area contributed by atoms with Crippen molar-refractivity contribution in [2.24, 2.45) is 4.99 Å². The van der Waals surface area contributed by atoms with E-state index in [9.17, 15) is 9.18 Å². The number of aliphatic imine (C=N–C) groups is 1. The minimum Gasteiger partial charge on any atom is -0.357 e. The lowest BCUT2D eigenvalue weighted by molar-refractivity contribution is -0.121. The van der Waals surface area contributed by atoms with E-state index in [-0.39, 0.29) is 47.2 Å². The summed E-state index contributed by atoms with van der Waals surface area (Å²) in [7, 11) is 0. The zero-order valence-corrected chi connectivity index (χ0v) is 18.8. The summed E-state index contributed by atoms with van der Waals surface area (Å²) in [6.07, 6.45) is 3.22. The molecule has 1 fully saturated rings. The molecule has 1 aliphatic rings. The fraction of sp³-hybridized carbons (Fsp3) is 0.600. The molecule has 27 heavy (non-hydrogen) atoms. The van der Waals surface area contributed by atoms with E-state index in [0.29, 0.717) is 25.5 Å². The Morgan fingerprint density at radius 2 is 1.96 bits per heavy atom. The Balaban J connectivity index is 0.00000364. The summed E-state index contributed by atoms with van der Waals surface area (Å²) in [6, 6.07) is 7.16. The number of hydrogen-bond donors (Lipinski definition) is 3. The molecule has 0 aliphatic heterocycles. The number of carbonyl (C=O) groups is 1. The summed E-state index contributed by atoms with van der Waals surface area (Å²) >= 11 is 0. The number of guanidine groups is 1. The second-order valence-corrected chi connectivity index (χ2v) is 7.01. The predicted molar refractivity (Wildman–Crippen MR) is 119 cm³/mol. The lowest BCUT2D eigenvalue weighted by atomic mass is 9.95. The number of amides is 1. The van der Waals surface area contributed by atoms with Crippen molar-refractivity contribution in [3.05, 3.63) is 35.6 Å². The van der Waals surface area contributed by atoms with Crippen molar-refractivity contribution in [3.8, 4) is 0 Å². The van der Waals surface area contributed by atoms with E-state index in [0.717, 1.165) is 31.4 Å². The summed E-state index contributed by atoms with van der Waals surface area (Å²) in [5.41, 5.74) is 0.578. The van der Waals surface area contributed by atoms with Gasteiger partial charge in [0.05, 0.1) is 6.54 Å². The van der Waals surface area contributed by atoms with Gasteiger partial charge in [0.15, 0.2) is 5.96 Å². The van der Waals surface area contributed by atoms with Crippen molar-refractivity contribution >= 4 is 35.8 Å². The highest BCUT2D eigenvalue weighted by atomic mass is 127. The zero-order chi connectivity index (χ0) is 19.0. The number of benzene rings is 1. The summed E-state index contributed by atoms with van der Waals surface area (Å²) < 4.78 is 14.1. The predicted octanol–water partition coefficient (Wildman–Crippen LogP) is 3.34. The largest absolute Gasteiger partial charge is 0.357 e. The van der Waals surface area contributed by atoms with Crippen LogP contribution in [0.15, 0.2) is 29.3 Å². The summed E-state index contributed by atoms with van der Waals surface area (Å²) in [6.45, 7) is 7.83. The topological polar surface area (TPSA) is 65.5 Å². The Labute approximate surface area is 179 Å². The summed E-state index contributed by atoms with van der Waals surface area (Å²) in [5, 5.41) is 9.33. The standard InChI is InChI=1S/C20H31FN4O.HI/c1-4-15(3)25-18(26)10-13-23-19(22-5-2)24-14-20(11-12-20)16-8-6-7-9-17(16)21;/h6-9,15H,4-5,10-14H2,1-3H3,(H,25,26)(H2,22,23,24);1H. The van der Waals surface area contributed by atoms with E-state index >= 15 is 0 Å². The van der Waals surface area contributed by atoms with Crippen LogP contribution >= 0.6 is 24.0 Å². The van der Waals surface area contributed by atoms with Crippen molar-refractivity contribution in [3.63, 3.8) is 0 Å². The van der Waals surface area contributed by atoms with Gasteiger partial charge in [-0.25, -0.2) is 4.39 Å². The number of carbonyl (C=O) groups excluding carboxylic acids is 1. The third kappa shape index (κ3) is 7.27. The van der Waals surface area contributed by atoms with Crippen LogP contribution in [0.5, 0.6) is 0 Å². The molecule has 1 aromatic carbocycles. The van der Waals surface area contributed by atoms with Gasteiger partial charge in [0.2, 0.25) is 5.91 Å². The van der Waals surface area contributed by atoms with Crippen LogP contribution in [0.25, 0.3) is 0 Å². The van der Waals surface area contributed by atoms with Crippen molar-refractivity contribution in [1.82, 2.24) is 16.0 Å². The monoisotopic (exact) mass is 490 g/mol. The minimum absolute atomic E-state index is 0. The van der Waals surface area contributed by atoms with Gasteiger partial charge < -0.3 is 16.0 Å². The lowest BCUT2D eigenvalue weighted by Crippen LogP contribution is -2.40. The van der Waals surface area contributed by atoms with Crippen LogP contribution in [0, 0.1) is 5.82 Å². The Bertz CT molecular complexity index is 634. The Morgan fingerprint density at radius 1 is 1.26 bits per heavy atom. The number of hydrogen-bond acceptors (Lipinski definition) is 2. The molecule has 0 saturated heterocycles. The number of nitrogens with one attached hydrogen (secondary N) is 3. The number of halogens is 2. The third-order valence-electron chi connectivity index (χ3n) is 4.85. The molecule has 1 unspecified atom stereocenters. The van der Waals surface area contributed by atoms with Gasteiger partial charge >= 0.3 is 0 Å². The van der Waals surface area contributed by atoms with Gasteiger partial charge in [-0.05, 0) is 44.7 Å². The highest BCUT2D eigenvalue weighted by Crippen LogP contribution is 2.49. The fourth-order valence-corrected chi connectivity index (χ4v) is 2.87. The first-order chi connectivity index (χ1) is 12.5. The van der Waals surface area contributed by atoms with E-state index in [4.69, 9.17) is 0 Å². The Hall–Kier alpha value is -1.38. The fourth-order valence-electron chi connectivity index (χ4n) is 2.87. The molecule has 1 aromatic rings. The minimum atomic E-state index is -0.179. The quantitative estimate of drug-likeness (QED) is 0.283. The molecule has 1 saturated carbocycles. The van der Waals surface area contributed by atoms with Crippen molar-refractivity contribution in [2.75, 3.05) is 19.6 Å². The van der Waals surface area contributed by atoms with E-state index in [1.165, 1.54) is 6.07 Å². The smallest absolute Gasteiger partial charge is 0.221 e. The normalized spacial score (nSPS) is 16.1. The Kier molecular flexibility index (Phi) is 10.0. The lowest BCUT2D eigenvalue weighted by Gasteiger charge is -2.17. The van der Waals surface area contributed by atoms with Crippen LogP contribution in [-0.4, -0.2) is 37.5 Å². The molecule has 0 aromatic heterocycles. The van der Waals surface area contributed by atoms with E-state index < -0.39 is 0 Å². The number of nitrogens with zero attached hydrogens (tertiary/aromatic N) is 1. The van der Waals surface area contributed by atoms with Gasteiger partial charge in [-0.3, -0.25) is 9.79 Å². The molecule has 1 atom stereocenters. The average Bonchev–Trinajstić information content (AvgIpc) is 3.41. The maximum Gasteiger partial charge on any atom is 0.221 e. The van der Waals surface area contributed by atoms with Gasteiger partial charge in [0.25, 0.3) is 0 Å². The second-order valence-electron chi connectivity index (χ2n) is 7.01. The molecule has 0 radical (unpaired) electrons. The molecule has 3 N–H and O–H groups in total. The molecule has 0 bridgehead atoms. The van der Waals surface area contributed by atoms with Crippen molar-refractivity contribution < 1.29 is 9.18 Å². The first-order valence-electron chi connectivity index (χ1n) is 9.57. The molecular weight excluding hydrogens is 458 g/mol. The average molecular weight is 490 g/mol. The maximum absolute atomic E-state index is 14.1. The van der Waals surface area contributed by atoms with Crippen LogP contribution in [0.4, 0.5) is 4.39 Å². The van der Waals surface area contributed by atoms with Gasteiger partial charge in [-0.1, -0.05) is 25.1 Å². The molecule has 0 heterocycles. The first kappa shape index (κ1) is 23.7. The van der Waals surface area contributed by atoms with E-state index in [1.807, 2.05) is 32.9 Å². The molecule has 152 valence electrons.